The fourth-order valence-corrected chi connectivity index (χ4v) is 2.26. The van der Waals surface area contributed by atoms with Crippen LogP contribution in [0.25, 0.3) is 6.08 Å². The molecule has 0 radical (unpaired) electrons. The maximum absolute atomic E-state index is 12.1. The molecule has 1 atom stereocenters. The van der Waals surface area contributed by atoms with Gasteiger partial charge in [0.25, 0.3) is 5.91 Å². The highest BCUT2D eigenvalue weighted by atomic mass is 35.5. The Labute approximate surface area is 163 Å². The van der Waals surface area contributed by atoms with Gasteiger partial charge in [-0.25, -0.2) is 4.79 Å². The molecule has 1 N–H and O–H groups in total. The predicted molar refractivity (Wildman–Crippen MR) is 107 cm³/mol. The molecule has 5 nitrogen and oxygen atoms in total. The summed E-state index contributed by atoms with van der Waals surface area (Å²) in [7, 11) is 0. The zero-order valence-electron chi connectivity index (χ0n) is 14.9. The summed E-state index contributed by atoms with van der Waals surface area (Å²) in [5.74, 6) is -0.348. The van der Waals surface area contributed by atoms with Gasteiger partial charge in [-0.3, -0.25) is 4.79 Å². The van der Waals surface area contributed by atoms with Gasteiger partial charge in [-0.15, -0.1) is 0 Å². The van der Waals surface area contributed by atoms with Gasteiger partial charge in [0.1, 0.15) is 12.4 Å². The molecule has 0 heterocycles. The first-order valence-corrected chi connectivity index (χ1v) is 8.64. The van der Waals surface area contributed by atoms with Gasteiger partial charge in [0.2, 0.25) is 0 Å². The first kappa shape index (κ1) is 20.3. The van der Waals surface area contributed by atoms with Gasteiger partial charge < -0.3 is 14.8 Å². The Hall–Kier alpha value is -3.05. The van der Waals surface area contributed by atoms with Crippen molar-refractivity contribution in [1.82, 2.24) is 0 Å². The van der Waals surface area contributed by atoms with E-state index in [-0.39, 0.29) is 0 Å². The first-order valence-electron chi connectivity index (χ1n) is 8.27. The van der Waals surface area contributed by atoms with E-state index in [2.05, 4.69) is 11.9 Å². The van der Waals surface area contributed by atoms with E-state index >= 15 is 0 Å². The van der Waals surface area contributed by atoms with Crippen LogP contribution in [0.4, 0.5) is 5.69 Å². The quantitative estimate of drug-likeness (QED) is 0.413. The molecule has 0 saturated carbocycles. The predicted octanol–water partition coefficient (Wildman–Crippen LogP) is 4.49. The molecule has 27 heavy (non-hydrogen) atoms. The van der Waals surface area contributed by atoms with E-state index in [4.69, 9.17) is 21.1 Å². The lowest BCUT2D eigenvalue weighted by atomic mass is 10.2. The number of esters is 1. The number of carbonyl (C=O) groups is 2. The second-order valence-electron chi connectivity index (χ2n) is 5.58. The number of anilines is 1. The molecular weight excluding hydrogens is 366 g/mol. The lowest BCUT2D eigenvalue weighted by Gasteiger charge is -2.12. The Morgan fingerprint density at radius 1 is 1.22 bits per heavy atom. The number of benzene rings is 2. The van der Waals surface area contributed by atoms with E-state index in [1.54, 1.807) is 60.7 Å². The third kappa shape index (κ3) is 6.99. The van der Waals surface area contributed by atoms with Gasteiger partial charge in [-0.1, -0.05) is 42.5 Å². The Bertz CT molecular complexity index is 830. The SMILES string of the molecule is C=CCOc1ccc(C=CC(=O)OC(C)C(=O)Nc2cccc(Cl)c2)cc1. The van der Waals surface area contributed by atoms with Crippen molar-refractivity contribution in [3.05, 3.63) is 77.8 Å². The van der Waals surface area contributed by atoms with Crippen molar-refractivity contribution in [3.8, 4) is 5.75 Å². The minimum Gasteiger partial charge on any atom is -0.490 e. The minimum atomic E-state index is -0.948. The van der Waals surface area contributed by atoms with Crippen LogP contribution in [0, 0.1) is 0 Å². The van der Waals surface area contributed by atoms with E-state index in [1.165, 1.54) is 13.0 Å². The van der Waals surface area contributed by atoms with E-state index in [9.17, 15) is 9.59 Å². The van der Waals surface area contributed by atoms with Gasteiger partial charge in [-0.2, -0.15) is 0 Å². The fraction of sp³-hybridized carbons (Fsp3) is 0.143. The number of hydrogen-bond donors (Lipinski definition) is 1. The molecule has 0 aliphatic carbocycles. The van der Waals surface area contributed by atoms with Crippen LogP contribution in [0.3, 0.4) is 0 Å². The molecular formula is C21H20ClNO4. The lowest BCUT2D eigenvalue weighted by molar-refractivity contribution is -0.148. The Morgan fingerprint density at radius 3 is 2.63 bits per heavy atom. The van der Waals surface area contributed by atoms with Crippen molar-refractivity contribution < 1.29 is 19.1 Å². The van der Waals surface area contributed by atoms with Crippen LogP contribution in [0.15, 0.2) is 67.3 Å². The molecule has 0 aromatic heterocycles. The molecule has 0 fully saturated rings. The molecule has 0 spiro atoms. The topological polar surface area (TPSA) is 64.6 Å². The summed E-state index contributed by atoms with van der Waals surface area (Å²) in [6, 6.07) is 13.9. The average Bonchev–Trinajstić information content (AvgIpc) is 2.65. The number of hydrogen-bond acceptors (Lipinski definition) is 4. The van der Waals surface area contributed by atoms with Gasteiger partial charge in [0, 0.05) is 16.8 Å². The molecule has 6 heteroatoms. The summed E-state index contributed by atoms with van der Waals surface area (Å²) in [5.41, 5.74) is 1.33. The fourth-order valence-electron chi connectivity index (χ4n) is 2.07. The zero-order valence-corrected chi connectivity index (χ0v) is 15.6. The smallest absolute Gasteiger partial charge is 0.331 e. The number of rotatable bonds is 8. The zero-order chi connectivity index (χ0) is 19.6. The minimum absolute atomic E-state index is 0.427. The molecule has 1 amide bonds. The second kappa shape index (κ2) is 10.2. The Balaban J connectivity index is 1.85. The Kier molecular flexibility index (Phi) is 7.64. The second-order valence-corrected chi connectivity index (χ2v) is 6.02. The maximum atomic E-state index is 12.1. The summed E-state index contributed by atoms with van der Waals surface area (Å²) >= 11 is 5.87. The molecule has 2 rings (SSSR count). The lowest BCUT2D eigenvalue weighted by Crippen LogP contribution is -2.29. The number of carbonyl (C=O) groups excluding carboxylic acids is 2. The van der Waals surface area contributed by atoms with Crippen molar-refractivity contribution in [1.29, 1.82) is 0 Å². The van der Waals surface area contributed by atoms with E-state index in [1.807, 2.05) is 0 Å². The maximum Gasteiger partial charge on any atom is 0.331 e. The summed E-state index contributed by atoms with van der Waals surface area (Å²) in [5, 5.41) is 3.14. The highest BCUT2D eigenvalue weighted by molar-refractivity contribution is 6.30. The van der Waals surface area contributed by atoms with Crippen LogP contribution >= 0.6 is 11.6 Å². The Morgan fingerprint density at radius 2 is 1.96 bits per heavy atom. The highest BCUT2D eigenvalue weighted by Gasteiger charge is 2.16. The van der Waals surface area contributed by atoms with Gasteiger partial charge in [0.15, 0.2) is 6.10 Å². The van der Waals surface area contributed by atoms with Crippen LogP contribution in [0.1, 0.15) is 12.5 Å². The molecule has 2 aromatic rings. The summed E-state index contributed by atoms with van der Waals surface area (Å²) < 4.78 is 10.5. The molecule has 0 saturated heterocycles. The number of nitrogens with one attached hydrogen (secondary N) is 1. The summed E-state index contributed by atoms with van der Waals surface area (Å²) in [6.45, 7) is 5.51. The van der Waals surface area contributed by atoms with E-state index in [0.29, 0.717) is 23.1 Å². The summed E-state index contributed by atoms with van der Waals surface area (Å²) in [4.78, 5) is 24.0. The van der Waals surface area contributed by atoms with Gasteiger partial charge >= 0.3 is 5.97 Å². The van der Waals surface area contributed by atoms with Crippen molar-refractivity contribution in [3.63, 3.8) is 0 Å². The third-order valence-electron chi connectivity index (χ3n) is 3.41. The molecule has 1 unspecified atom stereocenters. The van der Waals surface area contributed by atoms with Crippen molar-refractivity contribution >= 4 is 35.2 Å². The van der Waals surface area contributed by atoms with Crippen LogP contribution in [0.5, 0.6) is 5.75 Å². The van der Waals surface area contributed by atoms with E-state index in [0.717, 1.165) is 5.56 Å². The number of ether oxygens (including phenoxy) is 2. The van der Waals surface area contributed by atoms with Crippen LogP contribution < -0.4 is 10.1 Å². The van der Waals surface area contributed by atoms with Crippen molar-refractivity contribution in [2.75, 3.05) is 11.9 Å². The molecule has 0 bridgehead atoms. The molecule has 0 aliphatic rings. The van der Waals surface area contributed by atoms with Crippen molar-refractivity contribution in [2.45, 2.75) is 13.0 Å². The third-order valence-corrected chi connectivity index (χ3v) is 3.65. The molecule has 2 aromatic carbocycles. The number of halogens is 1. The first-order chi connectivity index (χ1) is 13.0. The summed E-state index contributed by atoms with van der Waals surface area (Å²) in [6.07, 6.45) is 3.58. The largest absolute Gasteiger partial charge is 0.490 e. The monoisotopic (exact) mass is 385 g/mol. The van der Waals surface area contributed by atoms with Gasteiger partial charge in [-0.05, 0) is 48.9 Å². The van der Waals surface area contributed by atoms with Crippen molar-refractivity contribution in [2.24, 2.45) is 0 Å². The van der Waals surface area contributed by atoms with Crippen LogP contribution in [0.2, 0.25) is 5.02 Å². The van der Waals surface area contributed by atoms with E-state index < -0.39 is 18.0 Å². The van der Waals surface area contributed by atoms with Crippen LogP contribution in [-0.2, 0) is 14.3 Å². The van der Waals surface area contributed by atoms with Crippen LogP contribution in [-0.4, -0.2) is 24.6 Å². The standard InChI is InChI=1S/C21H20ClNO4/c1-3-13-26-19-10-7-16(8-11-19)9-12-20(24)27-15(2)21(25)23-18-6-4-5-17(22)14-18/h3-12,14-15H,1,13H2,2H3,(H,23,25). The normalized spacial score (nSPS) is 11.6. The number of amides is 1. The average molecular weight is 386 g/mol. The highest BCUT2D eigenvalue weighted by Crippen LogP contribution is 2.16. The molecule has 0 aliphatic heterocycles. The molecule has 140 valence electrons. The van der Waals surface area contributed by atoms with Gasteiger partial charge in [0.05, 0.1) is 0 Å².